The number of benzene rings is 2. The van der Waals surface area contributed by atoms with Crippen molar-refractivity contribution < 1.29 is 32.2 Å². The fraction of sp³-hybridized carbons (Fsp3) is 0.419. The maximum absolute atomic E-state index is 13.2. The molecule has 1 amide bonds. The summed E-state index contributed by atoms with van der Waals surface area (Å²) in [6, 6.07) is 10.3. The van der Waals surface area contributed by atoms with E-state index in [1.54, 1.807) is 26.8 Å². The van der Waals surface area contributed by atoms with Gasteiger partial charge in [0.15, 0.2) is 11.4 Å². The van der Waals surface area contributed by atoms with E-state index in [0.29, 0.717) is 23.4 Å². The van der Waals surface area contributed by atoms with E-state index in [9.17, 15) is 22.8 Å². The summed E-state index contributed by atoms with van der Waals surface area (Å²) in [6.07, 6.45) is -0.822. The summed E-state index contributed by atoms with van der Waals surface area (Å²) in [5.41, 5.74) is 1.02. The molecule has 1 N–H and O–H groups in total. The van der Waals surface area contributed by atoms with Gasteiger partial charge < -0.3 is 14.8 Å². The van der Waals surface area contributed by atoms with Crippen LogP contribution in [0.3, 0.4) is 0 Å². The van der Waals surface area contributed by atoms with Crippen LogP contribution in [0.2, 0.25) is 0 Å². The first-order valence-corrected chi connectivity index (χ1v) is 13.6. The molecule has 1 atom stereocenters. The molecule has 1 unspecified atom stereocenters. The molecule has 0 bridgehead atoms. The molecular weight excluding hydrogens is 535 g/mol. The van der Waals surface area contributed by atoms with Crippen LogP contribution in [0.1, 0.15) is 79.2 Å². The number of nitrogens with zero attached hydrogens (tertiary/aromatic N) is 2. The van der Waals surface area contributed by atoms with E-state index in [0.717, 1.165) is 36.1 Å². The summed E-state index contributed by atoms with van der Waals surface area (Å²) in [6.45, 7) is 9.08. The highest BCUT2D eigenvalue weighted by Crippen LogP contribution is 2.41. The Labute approximate surface area is 237 Å². The van der Waals surface area contributed by atoms with Crippen molar-refractivity contribution in [2.24, 2.45) is 0 Å². The number of nitrogens with one attached hydrogen (secondary N) is 1. The Morgan fingerprint density at radius 1 is 1.12 bits per heavy atom. The summed E-state index contributed by atoms with van der Waals surface area (Å²) >= 11 is 0. The van der Waals surface area contributed by atoms with Crippen LogP contribution >= 0.6 is 0 Å². The zero-order valence-electron chi connectivity index (χ0n) is 23.8. The molecule has 0 aliphatic heterocycles. The van der Waals surface area contributed by atoms with Crippen molar-refractivity contribution in [2.45, 2.75) is 77.6 Å². The van der Waals surface area contributed by atoms with E-state index in [1.807, 2.05) is 26.0 Å². The van der Waals surface area contributed by atoms with Crippen LogP contribution in [0.15, 0.2) is 48.7 Å². The van der Waals surface area contributed by atoms with Crippen molar-refractivity contribution in [3.8, 4) is 17.1 Å². The topological polar surface area (TPSA) is 90.4 Å². The molecule has 1 aliphatic carbocycles. The zero-order valence-corrected chi connectivity index (χ0v) is 23.8. The van der Waals surface area contributed by atoms with Crippen molar-refractivity contribution >= 4 is 11.9 Å². The highest BCUT2D eigenvalue weighted by Gasteiger charge is 2.34. The highest BCUT2D eigenvalue weighted by molar-refractivity contribution is 5.95. The Hall–Kier alpha value is -3.95. The highest BCUT2D eigenvalue weighted by atomic mass is 19.4. The fourth-order valence-corrected chi connectivity index (χ4v) is 4.49. The lowest BCUT2D eigenvalue weighted by Gasteiger charge is -2.25. The molecule has 1 heterocycles. The molecule has 10 heteroatoms. The van der Waals surface area contributed by atoms with E-state index in [-0.39, 0.29) is 35.9 Å². The second-order valence-corrected chi connectivity index (χ2v) is 10.9. The lowest BCUT2D eigenvalue weighted by Crippen LogP contribution is -2.40. The first-order valence-electron chi connectivity index (χ1n) is 13.6. The number of halogens is 3. The number of aryl methyl sites for hydroxylation is 1. The molecular formula is C31H34F3N3O4. The van der Waals surface area contributed by atoms with E-state index in [2.05, 4.69) is 15.3 Å². The van der Waals surface area contributed by atoms with Gasteiger partial charge in [-0.05, 0) is 83.2 Å². The molecule has 0 spiro atoms. The Morgan fingerprint density at radius 3 is 2.49 bits per heavy atom. The lowest BCUT2D eigenvalue weighted by molar-refractivity contribution is -0.158. The van der Waals surface area contributed by atoms with Crippen molar-refractivity contribution in [1.29, 1.82) is 0 Å². The number of esters is 1. The smallest absolute Gasteiger partial charge is 0.416 e. The van der Waals surface area contributed by atoms with Crippen LogP contribution in [0.4, 0.5) is 13.2 Å². The van der Waals surface area contributed by atoms with Gasteiger partial charge >= 0.3 is 12.1 Å². The molecule has 0 saturated heterocycles. The van der Waals surface area contributed by atoms with E-state index >= 15 is 0 Å². The number of ether oxygens (including phenoxy) is 2. The molecule has 41 heavy (non-hydrogen) atoms. The third-order valence-corrected chi connectivity index (χ3v) is 6.77. The largest absolute Gasteiger partial charge is 0.476 e. The maximum Gasteiger partial charge on any atom is 0.416 e. The fourth-order valence-electron chi connectivity index (χ4n) is 4.49. The number of hydrogen-bond acceptors (Lipinski definition) is 6. The van der Waals surface area contributed by atoms with Crippen molar-refractivity contribution in [2.75, 3.05) is 6.61 Å². The first-order chi connectivity index (χ1) is 19.3. The zero-order chi connectivity index (χ0) is 29.9. The van der Waals surface area contributed by atoms with Gasteiger partial charge in [-0.3, -0.25) is 4.79 Å². The Balaban J connectivity index is 1.45. The second kappa shape index (κ2) is 11.9. The number of alkyl halides is 3. The van der Waals surface area contributed by atoms with Gasteiger partial charge in [0.05, 0.1) is 23.4 Å². The summed E-state index contributed by atoms with van der Waals surface area (Å²) in [5, 5.41) is 3.00. The van der Waals surface area contributed by atoms with Gasteiger partial charge in [-0.25, -0.2) is 14.8 Å². The Bertz CT molecular complexity index is 1430. The van der Waals surface area contributed by atoms with Crippen LogP contribution in [0.5, 0.6) is 5.75 Å². The Kier molecular flexibility index (Phi) is 8.70. The van der Waals surface area contributed by atoms with Gasteiger partial charge in [-0.2, -0.15) is 13.2 Å². The predicted molar refractivity (Wildman–Crippen MR) is 148 cm³/mol. The average molecular weight is 570 g/mol. The SMILES string of the molecule is CCOC(=O)C(C)(C)Oc1ccc(CC(C)NC(=O)c2cnc(-c3cccc(C(F)(F)F)c3)nc2C2CC2)cc1C. The number of carbonyl (C=O) groups is 2. The molecule has 2 aromatic carbocycles. The summed E-state index contributed by atoms with van der Waals surface area (Å²) in [7, 11) is 0. The van der Waals surface area contributed by atoms with Gasteiger partial charge in [0, 0.05) is 23.7 Å². The normalized spacial score (nSPS) is 14.3. The third-order valence-electron chi connectivity index (χ3n) is 6.77. The number of amides is 1. The van der Waals surface area contributed by atoms with Gasteiger partial charge in [-0.15, -0.1) is 0 Å². The van der Waals surface area contributed by atoms with Crippen molar-refractivity contribution in [3.63, 3.8) is 0 Å². The standard InChI is InChI=1S/C31H34F3N3O4/c1-6-40-29(39)30(4,5)41-25-13-10-20(14-18(25)2)15-19(3)36-28(38)24-17-35-27(37-26(24)21-11-12-21)22-8-7-9-23(16-22)31(32,33)34/h7-10,13-14,16-17,19,21H,6,11-12,15H2,1-5H3,(H,36,38). The second-order valence-electron chi connectivity index (χ2n) is 10.9. The van der Waals surface area contributed by atoms with Gasteiger partial charge in [0.25, 0.3) is 5.91 Å². The number of aromatic nitrogens is 2. The number of carbonyl (C=O) groups excluding carboxylic acids is 2. The maximum atomic E-state index is 13.2. The summed E-state index contributed by atoms with van der Waals surface area (Å²) in [5.74, 6) is 0.0230. The molecule has 7 nitrogen and oxygen atoms in total. The minimum atomic E-state index is -4.48. The van der Waals surface area contributed by atoms with Crippen LogP contribution in [-0.2, 0) is 22.1 Å². The van der Waals surface area contributed by atoms with Crippen LogP contribution < -0.4 is 10.1 Å². The van der Waals surface area contributed by atoms with Gasteiger partial charge in [0.2, 0.25) is 0 Å². The van der Waals surface area contributed by atoms with Crippen LogP contribution in [0.25, 0.3) is 11.4 Å². The summed E-state index contributed by atoms with van der Waals surface area (Å²) in [4.78, 5) is 34.2. The van der Waals surface area contributed by atoms with E-state index in [1.165, 1.54) is 18.3 Å². The van der Waals surface area contributed by atoms with Crippen LogP contribution in [0, 0.1) is 6.92 Å². The monoisotopic (exact) mass is 569 g/mol. The number of hydrogen-bond donors (Lipinski definition) is 1. The molecule has 1 saturated carbocycles. The molecule has 3 aromatic rings. The molecule has 1 aliphatic rings. The van der Waals surface area contributed by atoms with Crippen molar-refractivity contribution in [1.82, 2.24) is 15.3 Å². The Morgan fingerprint density at radius 2 is 1.85 bits per heavy atom. The minimum absolute atomic E-state index is 0.0765. The number of rotatable bonds is 10. The van der Waals surface area contributed by atoms with Crippen molar-refractivity contribution in [3.05, 3.63) is 76.6 Å². The lowest BCUT2D eigenvalue weighted by atomic mass is 10.0. The first kappa shape index (κ1) is 30.0. The molecule has 1 aromatic heterocycles. The third kappa shape index (κ3) is 7.42. The molecule has 0 radical (unpaired) electrons. The van der Waals surface area contributed by atoms with Gasteiger partial charge in [0.1, 0.15) is 5.75 Å². The summed E-state index contributed by atoms with van der Waals surface area (Å²) < 4.78 is 50.6. The quantitative estimate of drug-likeness (QED) is 0.283. The van der Waals surface area contributed by atoms with Gasteiger partial charge in [-0.1, -0.05) is 24.3 Å². The molecule has 218 valence electrons. The van der Waals surface area contributed by atoms with Crippen LogP contribution in [-0.4, -0.2) is 40.1 Å². The van der Waals surface area contributed by atoms with E-state index in [4.69, 9.17) is 9.47 Å². The molecule has 1 fully saturated rings. The minimum Gasteiger partial charge on any atom is -0.476 e. The predicted octanol–water partition coefficient (Wildman–Crippen LogP) is 6.43. The van der Waals surface area contributed by atoms with E-state index < -0.39 is 23.3 Å². The average Bonchev–Trinajstić information content (AvgIpc) is 3.75. The molecule has 4 rings (SSSR count).